The highest BCUT2D eigenvalue weighted by atomic mass is 16.7. The fraction of sp³-hybridized carbons (Fsp3) is 0.912. The summed E-state index contributed by atoms with van der Waals surface area (Å²) in [5.41, 5.74) is -0.486. The van der Waals surface area contributed by atoms with E-state index in [1.165, 1.54) is 32.1 Å². The van der Waals surface area contributed by atoms with Gasteiger partial charge in [-0.15, -0.1) is 0 Å². The quantitative estimate of drug-likeness (QED) is 0.345. The summed E-state index contributed by atoms with van der Waals surface area (Å²) in [6.07, 6.45) is 11.3. The van der Waals surface area contributed by atoms with Gasteiger partial charge in [-0.05, 0) is 119 Å². The van der Waals surface area contributed by atoms with Crippen LogP contribution in [0, 0.1) is 51.8 Å². The molecule has 8 atom stereocenters. The van der Waals surface area contributed by atoms with E-state index in [9.17, 15) is 14.4 Å². The lowest BCUT2D eigenvalue weighted by Gasteiger charge is -2.71. The molecule has 0 spiro atoms. The molecular formula is C34H51BO5. The van der Waals surface area contributed by atoms with Gasteiger partial charge in [0.15, 0.2) is 0 Å². The Labute approximate surface area is 241 Å². The molecule has 0 aromatic heterocycles. The Kier molecular flexibility index (Phi) is 5.79. The largest absolute Gasteiger partial charge is 0.464 e. The standard InChI is InChI=1S/C34H51BO5/c1-20(10-13-33-17-34(18-33,19-33)35-39-29(2,3)30(4,5)40-35)23-8-9-24-28-25(16-27(38)32(23,24)7)31(6)12-11-22(36)14-21(31)15-26(28)37/h20-21,23-25,28H,8-19H2,1-7H3/t20?,21-,23+,24-,25-,28-,31-,32+,33?,34?/m0/s1. The minimum atomic E-state index is -0.368. The molecule has 0 aromatic carbocycles. The summed E-state index contributed by atoms with van der Waals surface area (Å²) in [6.45, 7) is 15.5. The number of rotatable bonds is 5. The van der Waals surface area contributed by atoms with Gasteiger partial charge in [0.25, 0.3) is 0 Å². The summed E-state index contributed by atoms with van der Waals surface area (Å²) in [6, 6.07) is 0. The number of hydrogen-bond acceptors (Lipinski definition) is 5. The van der Waals surface area contributed by atoms with Gasteiger partial charge in [-0.2, -0.15) is 0 Å². The molecule has 1 heterocycles. The first kappa shape index (κ1) is 27.8. The molecule has 1 unspecified atom stereocenters. The van der Waals surface area contributed by atoms with Crippen LogP contribution in [0.1, 0.15) is 126 Å². The monoisotopic (exact) mass is 550 g/mol. The van der Waals surface area contributed by atoms with Crippen molar-refractivity contribution in [3.05, 3.63) is 0 Å². The van der Waals surface area contributed by atoms with E-state index in [0.717, 1.165) is 19.3 Å². The van der Waals surface area contributed by atoms with Crippen LogP contribution >= 0.6 is 0 Å². The summed E-state index contributed by atoms with van der Waals surface area (Å²) in [5, 5.41) is 0.214. The van der Waals surface area contributed by atoms with Crippen molar-refractivity contribution >= 4 is 24.5 Å². The summed E-state index contributed by atoms with van der Waals surface area (Å²) >= 11 is 0. The fourth-order valence-electron chi connectivity index (χ4n) is 11.8. The predicted octanol–water partition coefficient (Wildman–Crippen LogP) is 7.01. The lowest BCUT2D eigenvalue weighted by molar-refractivity contribution is -0.167. The summed E-state index contributed by atoms with van der Waals surface area (Å²) in [5.74, 6) is 2.45. The van der Waals surface area contributed by atoms with Crippen LogP contribution in [-0.4, -0.2) is 35.7 Å². The maximum absolute atomic E-state index is 14.1. The zero-order valence-electron chi connectivity index (χ0n) is 26.1. The third-order valence-corrected chi connectivity index (χ3v) is 15.0. The van der Waals surface area contributed by atoms with Crippen LogP contribution < -0.4 is 0 Å². The first-order chi connectivity index (χ1) is 18.6. The molecule has 8 aliphatic rings. The molecule has 0 aromatic rings. The van der Waals surface area contributed by atoms with Crippen molar-refractivity contribution in [3.8, 4) is 0 Å². The van der Waals surface area contributed by atoms with Crippen molar-refractivity contribution in [2.75, 3.05) is 0 Å². The third-order valence-electron chi connectivity index (χ3n) is 15.0. The van der Waals surface area contributed by atoms with Crippen LogP contribution in [0.5, 0.6) is 0 Å². The summed E-state index contributed by atoms with van der Waals surface area (Å²) in [4.78, 5) is 40.1. The molecule has 0 radical (unpaired) electrons. The van der Waals surface area contributed by atoms with E-state index >= 15 is 0 Å². The molecule has 5 nitrogen and oxygen atoms in total. The first-order valence-corrected chi connectivity index (χ1v) is 16.5. The van der Waals surface area contributed by atoms with Crippen LogP contribution in [-0.2, 0) is 23.7 Å². The Morgan fingerprint density at radius 1 is 0.875 bits per heavy atom. The van der Waals surface area contributed by atoms with Crippen molar-refractivity contribution < 1.29 is 23.7 Å². The Morgan fingerprint density at radius 2 is 1.52 bits per heavy atom. The Balaban J connectivity index is 1.01. The molecule has 7 aliphatic carbocycles. The molecule has 8 fully saturated rings. The maximum atomic E-state index is 14.1. The predicted molar refractivity (Wildman–Crippen MR) is 154 cm³/mol. The fourth-order valence-corrected chi connectivity index (χ4v) is 11.8. The van der Waals surface area contributed by atoms with Crippen molar-refractivity contribution in [3.63, 3.8) is 0 Å². The highest BCUT2D eigenvalue weighted by Crippen LogP contribution is 2.82. The number of carbonyl (C=O) groups is 3. The molecule has 0 amide bonds. The lowest BCUT2D eigenvalue weighted by atomic mass is 9.23. The lowest BCUT2D eigenvalue weighted by Crippen LogP contribution is -2.64. The molecule has 40 heavy (non-hydrogen) atoms. The maximum Gasteiger partial charge on any atom is 0.464 e. The zero-order chi connectivity index (χ0) is 28.7. The second-order valence-corrected chi connectivity index (χ2v) is 17.4. The van der Waals surface area contributed by atoms with Gasteiger partial charge >= 0.3 is 7.12 Å². The SMILES string of the molecule is CC(CCC12CC(B3OC(C)(C)C(C)(C)O3)(C1)C2)[C@H]1CC[C@H]2[C@@H]3C(=O)C[C@@H]4CC(=O)CC[C@]4(C)[C@H]3CC(=O)[C@]12C. The third kappa shape index (κ3) is 3.50. The smallest absolute Gasteiger partial charge is 0.403 e. The average molecular weight is 551 g/mol. The Morgan fingerprint density at radius 3 is 2.17 bits per heavy atom. The van der Waals surface area contributed by atoms with Crippen LogP contribution in [0.25, 0.3) is 0 Å². The minimum absolute atomic E-state index is 0.0201. The molecule has 7 saturated carbocycles. The Hall–Kier alpha value is -1.01. The van der Waals surface area contributed by atoms with Crippen molar-refractivity contribution in [1.29, 1.82) is 0 Å². The van der Waals surface area contributed by atoms with Gasteiger partial charge in [-0.3, -0.25) is 14.4 Å². The molecule has 220 valence electrons. The molecule has 2 bridgehead atoms. The van der Waals surface area contributed by atoms with Crippen LogP contribution in [0.4, 0.5) is 0 Å². The van der Waals surface area contributed by atoms with E-state index in [-0.39, 0.29) is 58.1 Å². The number of carbonyl (C=O) groups excluding carboxylic acids is 3. The van der Waals surface area contributed by atoms with E-state index in [2.05, 4.69) is 48.5 Å². The molecule has 0 N–H and O–H groups in total. The normalized spacial score (nSPS) is 50.9. The van der Waals surface area contributed by atoms with E-state index in [0.29, 0.717) is 60.3 Å². The van der Waals surface area contributed by atoms with E-state index < -0.39 is 0 Å². The second kappa shape index (κ2) is 8.33. The average Bonchev–Trinajstić information content (AvgIpc) is 3.27. The number of Topliss-reactive ketones (excluding diaryl/α,β-unsaturated/α-hetero) is 3. The molecule has 8 rings (SSSR count). The topological polar surface area (TPSA) is 69.7 Å². The van der Waals surface area contributed by atoms with Gasteiger partial charge < -0.3 is 9.31 Å². The highest BCUT2D eigenvalue weighted by molar-refractivity contribution is 6.51. The van der Waals surface area contributed by atoms with Gasteiger partial charge in [-0.25, -0.2) is 0 Å². The molecular weight excluding hydrogens is 499 g/mol. The van der Waals surface area contributed by atoms with Gasteiger partial charge in [0.1, 0.15) is 17.3 Å². The number of hydrogen-bond donors (Lipinski definition) is 0. The summed E-state index contributed by atoms with van der Waals surface area (Å²) < 4.78 is 12.9. The van der Waals surface area contributed by atoms with Crippen LogP contribution in [0.2, 0.25) is 5.31 Å². The van der Waals surface area contributed by atoms with Crippen LogP contribution in [0.15, 0.2) is 0 Å². The Bertz CT molecular complexity index is 1120. The van der Waals surface area contributed by atoms with Gasteiger partial charge in [0.05, 0.1) is 11.2 Å². The van der Waals surface area contributed by atoms with E-state index in [1.54, 1.807) is 0 Å². The minimum Gasteiger partial charge on any atom is -0.403 e. The molecule has 6 heteroatoms. The van der Waals surface area contributed by atoms with Crippen molar-refractivity contribution in [2.24, 2.45) is 51.8 Å². The van der Waals surface area contributed by atoms with Crippen LogP contribution in [0.3, 0.4) is 0 Å². The number of ketones is 3. The second-order valence-electron chi connectivity index (χ2n) is 17.4. The van der Waals surface area contributed by atoms with Crippen molar-refractivity contribution in [2.45, 2.75) is 142 Å². The number of fused-ring (bicyclic) bond motifs is 5. The van der Waals surface area contributed by atoms with Gasteiger partial charge in [0.2, 0.25) is 0 Å². The summed E-state index contributed by atoms with van der Waals surface area (Å²) in [7, 11) is -0.0733. The van der Waals surface area contributed by atoms with Gasteiger partial charge in [0, 0.05) is 42.3 Å². The van der Waals surface area contributed by atoms with Gasteiger partial charge in [-0.1, -0.05) is 20.8 Å². The van der Waals surface area contributed by atoms with E-state index in [4.69, 9.17) is 9.31 Å². The van der Waals surface area contributed by atoms with E-state index in [1.807, 2.05) is 0 Å². The zero-order valence-corrected chi connectivity index (χ0v) is 26.1. The van der Waals surface area contributed by atoms with Crippen molar-refractivity contribution in [1.82, 2.24) is 0 Å². The highest BCUT2D eigenvalue weighted by Gasteiger charge is 2.76. The molecule has 1 aliphatic heterocycles. The first-order valence-electron chi connectivity index (χ1n) is 16.5. The molecule has 1 saturated heterocycles.